The van der Waals surface area contributed by atoms with Crippen LogP contribution in [0.2, 0.25) is 5.02 Å². The summed E-state index contributed by atoms with van der Waals surface area (Å²) < 4.78 is 2.36. The normalized spacial score (nSPS) is 11.2. The third kappa shape index (κ3) is 2.36. The second-order valence-corrected chi connectivity index (χ2v) is 7.49. The van der Waals surface area contributed by atoms with Crippen molar-refractivity contribution in [2.45, 2.75) is 9.96 Å². The largest absolute Gasteiger partial charge is 0.375 e. The lowest BCUT2D eigenvalue weighted by molar-refractivity contribution is 1.38. The molecule has 2 aromatic heterocycles. The maximum absolute atomic E-state index is 6.39. The molecule has 18 heavy (non-hydrogen) atoms. The fourth-order valence-electron chi connectivity index (χ4n) is 1.63. The van der Waals surface area contributed by atoms with Gasteiger partial charge in [0.2, 0.25) is 0 Å². The predicted molar refractivity (Wildman–Crippen MR) is 82.9 cm³/mol. The average Bonchev–Trinajstić information content (AvgIpc) is 2.92. The molecular formula is C12H9ClN2S3. The monoisotopic (exact) mass is 312 g/mol. The van der Waals surface area contributed by atoms with Gasteiger partial charge in [0.25, 0.3) is 0 Å². The number of halogens is 1. The zero-order valence-corrected chi connectivity index (χ0v) is 12.4. The van der Waals surface area contributed by atoms with Gasteiger partial charge in [0.1, 0.15) is 0 Å². The van der Waals surface area contributed by atoms with Crippen LogP contribution in [0.15, 0.2) is 34.7 Å². The lowest BCUT2D eigenvalue weighted by Gasteiger charge is -1.95. The summed E-state index contributed by atoms with van der Waals surface area (Å²) in [5.74, 6) is 0.861. The van der Waals surface area contributed by atoms with E-state index in [1.54, 1.807) is 23.1 Å². The average molecular weight is 313 g/mol. The summed E-state index contributed by atoms with van der Waals surface area (Å²) in [6.07, 6.45) is 1.81. The SMILES string of the molecule is Nc1ncc(SCc2sc3ccccc3c2Cl)s1. The van der Waals surface area contributed by atoms with Crippen LogP contribution in [0.5, 0.6) is 0 Å². The molecule has 0 atom stereocenters. The van der Waals surface area contributed by atoms with Crippen molar-refractivity contribution in [1.29, 1.82) is 0 Å². The molecule has 0 fully saturated rings. The zero-order valence-electron chi connectivity index (χ0n) is 9.22. The minimum Gasteiger partial charge on any atom is -0.375 e. The molecule has 2 nitrogen and oxygen atoms in total. The molecule has 0 bridgehead atoms. The summed E-state index contributed by atoms with van der Waals surface area (Å²) in [6, 6.07) is 8.22. The van der Waals surface area contributed by atoms with Gasteiger partial charge in [-0.15, -0.1) is 23.1 Å². The number of hydrogen-bond donors (Lipinski definition) is 1. The van der Waals surface area contributed by atoms with Gasteiger partial charge in [-0.2, -0.15) is 0 Å². The van der Waals surface area contributed by atoms with Crippen LogP contribution >= 0.6 is 46.0 Å². The fraction of sp³-hybridized carbons (Fsp3) is 0.0833. The highest BCUT2D eigenvalue weighted by atomic mass is 35.5. The van der Waals surface area contributed by atoms with Crippen molar-refractivity contribution in [3.8, 4) is 0 Å². The van der Waals surface area contributed by atoms with E-state index < -0.39 is 0 Å². The summed E-state index contributed by atoms with van der Waals surface area (Å²) in [5, 5.41) is 2.63. The van der Waals surface area contributed by atoms with E-state index in [4.69, 9.17) is 17.3 Å². The molecule has 0 aliphatic carbocycles. The van der Waals surface area contributed by atoms with Crippen LogP contribution in [-0.4, -0.2) is 4.98 Å². The van der Waals surface area contributed by atoms with E-state index >= 15 is 0 Å². The van der Waals surface area contributed by atoms with E-state index in [1.165, 1.54) is 20.9 Å². The van der Waals surface area contributed by atoms with E-state index in [2.05, 4.69) is 17.1 Å². The summed E-state index contributed by atoms with van der Waals surface area (Å²) >= 11 is 11.4. The van der Waals surface area contributed by atoms with Crippen LogP contribution in [0.4, 0.5) is 5.13 Å². The molecule has 0 amide bonds. The summed E-state index contributed by atoms with van der Waals surface area (Å²) in [7, 11) is 0. The molecule has 0 unspecified atom stereocenters. The van der Waals surface area contributed by atoms with Crippen LogP contribution in [-0.2, 0) is 5.75 Å². The van der Waals surface area contributed by atoms with Gasteiger partial charge < -0.3 is 5.73 Å². The standard InChI is InChI=1S/C12H9ClN2S3/c13-11-7-3-1-2-4-8(7)17-9(11)6-16-10-5-15-12(14)18-10/h1-5H,6H2,(H2,14,15). The lowest BCUT2D eigenvalue weighted by Crippen LogP contribution is -1.77. The molecule has 1 aromatic carbocycles. The number of thioether (sulfide) groups is 1. The number of thiophene rings is 1. The second-order valence-electron chi connectivity index (χ2n) is 3.64. The minimum absolute atomic E-state index is 0.611. The third-order valence-corrected chi connectivity index (χ3v) is 6.39. The highest BCUT2D eigenvalue weighted by Crippen LogP contribution is 2.39. The van der Waals surface area contributed by atoms with Crippen molar-refractivity contribution in [2.24, 2.45) is 0 Å². The van der Waals surface area contributed by atoms with Crippen molar-refractivity contribution in [3.63, 3.8) is 0 Å². The van der Waals surface area contributed by atoms with Gasteiger partial charge in [0.05, 0.1) is 15.4 Å². The Morgan fingerprint density at radius 3 is 2.83 bits per heavy atom. The molecule has 0 saturated carbocycles. The Labute approximate surface area is 122 Å². The van der Waals surface area contributed by atoms with Gasteiger partial charge in [0.15, 0.2) is 5.13 Å². The number of nitrogen functional groups attached to an aromatic ring is 1. The van der Waals surface area contributed by atoms with Crippen molar-refractivity contribution in [3.05, 3.63) is 40.4 Å². The first-order valence-corrected chi connectivity index (χ1v) is 8.23. The molecule has 0 aliphatic heterocycles. The van der Waals surface area contributed by atoms with Crippen LogP contribution in [0.3, 0.4) is 0 Å². The Hall–Kier alpha value is -0.750. The highest BCUT2D eigenvalue weighted by Gasteiger charge is 2.10. The molecular weight excluding hydrogens is 304 g/mol. The lowest BCUT2D eigenvalue weighted by atomic mass is 10.2. The first-order chi connectivity index (χ1) is 8.74. The van der Waals surface area contributed by atoms with Crippen LogP contribution in [0.1, 0.15) is 4.88 Å². The smallest absolute Gasteiger partial charge is 0.181 e. The number of nitrogens with zero attached hydrogens (tertiary/aromatic N) is 1. The number of nitrogens with two attached hydrogens (primary N) is 1. The van der Waals surface area contributed by atoms with Crippen molar-refractivity contribution >= 4 is 61.3 Å². The zero-order chi connectivity index (χ0) is 12.5. The number of aromatic nitrogens is 1. The summed E-state index contributed by atoms with van der Waals surface area (Å²) in [5.41, 5.74) is 5.61. The van der Waals surface area contributed by atoms with Crippen LogP contribution in [0, 0.1) is 0 Å². The van der Waals surface area contributed by atoms with Gasteiger partial charge >= 0.3 is 0 Å². The number of thiazole rings is 1. The minimum atomic E-state index is 0.611. The Morgan fingerprint density at radius 2 is 2.11 bits per heavy atom. The van der Waals surface area contributed by atoms with Gasteiger partial charge in [-0.1, -0.05) is 41.1 Å². The Morgan fingerprint density at radius 1 is 1.28 bits per heavy atom. The first-order valence-electron chi connectivity index (χ1n) is 5.24. The number of fused-ring (bicyclic) bond motifs is 1. The molecule has 0 saturated heterocycles. The van der Waals surface area contributed by atoms with Gasteiger partial charge in [-0.3, -0.25) is 0 Å². The molecule has 6 heteroatoms. The maximum Gasteiger partial charge on any atom is 0.181 e. The topological polar surface area (TPSA) is 38.9 Å². The predicted octanol–water partition coefficient (Wildman–Crippen LogP) is 4.89. The van der Waals surface area contributed by atoms with Crippen molar-refractivity contribution in [1.82, 2.24) is 4.98 Å². The second kappa shape index (κ2) is 5.09. The number of rotatable bonds is 3. The van der Waals surface area contributed by atoms with Crippen molar-refractivity contribution < 1.29 is 0 Å². The van der Waals surface area contributed by atoms with Gasteiger partial charge in [0, 0.05) is 20.7 Å². The summed E-state index contributed by atoms with van der Waals surface area (Å²) in [4.78, 5) is 5.24. The quantitative estimate of drug-likeness (QED) is 0.700. The van der Waals surface area contributed by atoms with Gasteiger partial charge in [-0.25, -0.2) is 4.98 Å². The van der Waals surface area contributed by atoms with E-state index in [9.17, 15) is 0 Å². The van der Waals surface area contributed by atoms with Crippen molar-refractivity contribution in [2.75, 3.05) is 5.73 Å². The molecule has 2 N–H and O–H groups in total. The van der Waals surface area contributed by atoms with Gasteiger partial charge in [-0.05, 0) is 6.07 Å². The maximum atomic E-state index is 6.39. The molecule has 3 aromatic rings. The fourth-order valence-corrected chi connectivity index (χ4v) is 5.05. The Balaban J connectivity index is 1.84. The van der Waals surface area contributed by atoms with E-state index in [0.29, 0.717) is 5.13 Å². The summed E-state index contributed by atoms with van der Waals surface area (Å²) in [6.45, 7) is 0. The number of hydrogen-bond acceptors (Lipinski definition) is 5. The van der Waals surface area contributed by atoms with E-state index in [-0.39, 0.29) is 0 Å². The number of benzene rings is 1. The molecule has 92 valence electrons. The van der Waals surface area contributed by atoms with E-state index in [0.717, 1.165) is 20.4 Å². The first kappa shape index (κ1) is 12.3. The molecule has 2 heterocycles. The molecule has 0 radical (unpaired) electrons. The third-order valence-electron chi connectivity index (χ3n) is 2.45. The highest BCUT2D eigenvalue weighted by molar-refractivity contribution is 8.00. The molecule has 0 aliphatic rings. The number of anilines is 1. The van der Waals surface area contributed by atoms with Crippen LogP contribution < -0.4 is 5.73 Å². The Kier molecular flexibility index (Phi) is 3.48. The van der Waals surface area contributed by atoms with Crippen LogP contribution in [0.25, 0.3) is 10.1 Å². The molecule has 3 rings (SSSR count). The van der Waals surface area contributed by atoms with E-state index in [1.807, 2.05) is 18.3 Å². The Bertz CT molecular complexity index is 690. The molecule has 0 spiro atoms.